The van der Waals surface area contributed by atoms with Crippen molar-refractivity contribution in [3.05, 3.63) is 12.2 Å². The third kappa shape index (κ3) is 5.14. The molecule has 1 aromatic heterocycles. The van der Waals surface area contributed by atoms with E-state index in [1.54, 1.807) is 6.33 Å². The van der Waals surface area contributed by atoms with Crippen LogP contribution >= 0.6 is 0 Å². The molecule has 1 aromatic rings. The van der Waals surface area contributed by atoms with Crippen LogP contribution in [0, 0.1) is 5.92 Å². The second kappa shape index (κ2) is 7.48. The Bertz CT molecular complexity index is 322. The topological polar surface area (TPSA) is 46.0 Å². The van der Waals surface area contributed by atoms with Crippen molar-refractivity contribution in [1.29, 1.82) is 0 Å². The molecule has 0 radical (unpaired) electrons. The Balaban J connectivity index is 2.50. The summed E-state index contributed by atoms with van der Waals surface area (Å²) in [4.78, 5) is 6.52. The molecule has 0 bridgehead atoms. The van der Waals surface area contributed by atoms with Gasteiger partial charge >= 0.3 is 0 Å². The molecule has 18 heavy (non-hydrogen) atoms. The quantitative estimate of drug-likeness (QED) is 0.760. The summed E-state index contributed by atoms with van der Waals surface area (Å²) in [6.45, 7) is 9.33. The molecule has 0 fully saturated rings. The molecule has 0 aromatic carbocycles. The van der Waals surface area contributed by atoms with Gasteiger partial charge in [0.1, 0.15) is 12.2 Å². The molecule has 0 aliphatic carbocycles. The summed E-state index contributed by atoms with van der Waals surface area (Å²) in [5.41, 5.74) is 0. The molecule has 0 aliphatic heterocycles. The third-order valence-corrected chi connectivity index (χ3v) is 2.89. The van der Waals surface area contributed by atoms with Crippen molar-refractivity contribution in [1.82, 2.24) is 25.0 Å². The first-order valence-electron chi connectivity index (χ1n) is 6.77. The van der Waals surface area contributed by atoms with Crippen molar-refractivity contribution < 1.29 is 0 Å². The minimum atomic E-state index is 0.502. The van der Waals surface area contributed by atoms with E-state index in [0.29, 0.717) is 12.0 Å². The number of nitrogens with zero attached hydrogens (tertiary/aromatic N) is 4. The maximum atomic E-state index is 4.29. The highest BCUT2D eigenvalue weighted by molar-refractivity contribution is 4.85. The summed E-state index contributed by atoms with van der Waals surface area (Å²) in [5, 5.41) is 7.78. The Labute approximate surface area is 111 Å². The maximum Gasteiger partial charge on any atom is 0.140 e. The minimum absolute atomic E-state index is 0.502. The molecular formula is C13H27N5. The molecule has 5 nitrogen and oxygen atoms in total. The van der Waals surface area contributed by atoms with Gasteiger partial charge in [-0.1, -0.05) is 13.8 Å². The van der Waals surface area contributed by atoms with Gasteiger partial charge in [0.25, 0.3) is 0 Å². The maximum absolute atomic E-state index is 4.29. The number of nitrogens with one attached hydrogen (secondary N) is 1. The van der Waals surface area contributed by atoms with E-state index in [1.807, 2.05) is 4.68 Å². The first-order valence-corrected chi connectivity index (χ1v) is 6.77. The number of hydrogen-bond donors (Lipinski definition) is 1. The van der Waals surface area contributed by atoms with Crippen LogP contribution in [0.4, 0.5) is 0 Å². The molecule has 0 saturated carbocycles. The summed E-state index contributed by atoms with van der Waals surface area (Å²) in [7, 11) is 4.23. The predicted octanol–water partition coefficient (Wildman–Crippen LogP) is 1.36. The van der Waals surface area contributed by atoms with Crippen LogP contribution < -0.4 is 5.32 Å². The van der Waals surface area contributed by atoms with E-state index in [0.717, 1.165) is 25.5 Å². The number of aromatic nitrogens is 3. The molecule has 0 aliphatic rings. The van der Waals surface area contributed by atoms with Gasteiger partial charge in [-0.2, -0.15) is 5.10 Å². The van der Waals surface area contributed by atoms with Gasteiger partial charge in [-0.15, -0.1) is 0 Å². The SMILES string of the molecule is CCn1ncnc1CNC(CC(C)C)CN(C)C. The van der Waals surface area contributed by atoms with Gasteiger partial charge in [0.15, 0.2) is 0 Å². The predicted molar refractivity (Wildman–Crippen MR) is 74.3 cm³/mol. The lowest BCUT2D eigenvalue weighted by Gasteiger charge is -2.23. The van der Waals surface area contributed by atoms with Crippen LogP contribution in [0.15, 0.2) is 6.33 Å². The Morgan fingerprint density at radius 1 is 1.39 bits per heavy atom. The van der Waals surface area contributed by atoms with E-state index in [4.69, 9.17) is 0 Å². The van der Waals surface area contributed by atoms with Gasteiger partial charge in [-0.3, -0.25) is 0 Å². The van der Waals surface area contributed by atoms with Crippen LogP contribution in [0.2, 0.25) is 0 Å². The van der Waals surface area contributed by atoms with Crippen molar-refractivity contribution in [2.75, 3.05) is 20.6 Å². The molecule has 0 saturated heterocycles. The summed E-state index contributed by atoms with van der Waals surface area (Å²) >= 11 is 0. The lowest BCUT2D eigenvalue weighted by Crippen LogP contribution is -2.39. The van der Waals surface area contributed by atoms with Gasteiger partial charge in [-0.05, 0) is 33.4 Å². The Kier molecular flexibility index (Phi) is 6.29. The molecular weight excluding hydrogens is 226 g/mol. The van der Waals surface area contributed by atoms with Crippen LogP contribution in [0.1, 0.15) is 33.0 Å². The summed E-state index contributed by atoms with van der Waals surface area (Å²) in [6, 6.07) is 0.502. The summed E-state index contributed by atoms with van der Waals surface area (Å²) in [6.07, 6.45) is 2.81. The number of aryl methyl sites for hydroxylation is 1. The van der Waals surface area contributed by atoms with Crippen LogP contribution in [0.25, 0.3) is 0 Å². The number of hydrogen-bond acceptors (Lipinski definition) is 4. The molecule has 104 valence electrons. The Morgan fingerprint density at radius 3 is 2.67 bits per heavy atom. The molecule has 5 heteroatoms. The monoisotopic (exact) mass is 253 g/mol. The zero-order chi connectivity index (χ0) is 13.5. The largest absolute Gasteiger partial charge is 0.308 e. The van der Waals surface area contributed by atoms with Crippen molar-refractivity contribution in [2.45, 2.75) is 46.3 Å². The first kappa shape index (κ1) is 15.1. The summed E-state index contributed by atoms with van der Waals surface area (Å²) in [5.74, 6) is 1.72. The zero-order valence-corrected chi connectivity index (χ0v) is 12.3. The van der Waals surface area contributed by atoms with Crippen LogP contribution in [-0.2, 0) is 13.1 Å². The van der Waals surface area contributed by atoms with Crippen LogP contribution in [0.5, 0.6) is 0 Å². The van der Waals surface area contributed by atoms with Gasteiger partial charge in [-0.25, -0.2) is 9.67 Å². The van der Waals surface area contributed by atoms with E-state index in [1.165, 1.54) is 6.42 Å². The van der Waals surface area contributed by atoms with Gasteiger partial charge in [0.05, 0.1) is 6.54 Å². The smallest absolute Gasteiger partial charge is 0.140 e. The van der Waals surface area contributed by atoms with Crippen LogP contribution in [-0.4, -0.2) is 46.3 Å². The minimum Gasteiger partial charge on any atom is -0.308 e. The van der Waals surface area contributed by atoms with Crippen molar-refractivity contribution >= 4 is 0 Å². The second-order valence-corrected chi connectivity index (χ2v) is 5.46. The fourth-order valence-corrected chi connectivity index (χ4v) is 2.16. The molecule has 1 rings (SSSR count). The Morgan fingerprint density at radius 2 is 2.11 bits per heavy atom. The zero-order valence-electron chi connectivity index (χ0n) is 12.3. The standard InChI is InChI=1S/C13H27N5/c1-6-18-13(15-10-16-18)8-14-12(7-11(2)3)9-17(4)5/h10-12,14H,6-9H2,1-5H3. The highest BCUT2D eigenvalue weighted by atomic mass is 15.3. The van der Waals surface area contributed by atoms with E-state index in [2.05, 4.69) is 55.2 Å². The number of likely N-dealkylation sites (N-methyl/N-ethyl adjacent to an activating group) is 1. The fourth-order valence-electron chi connectivity index (χ4n) is 2.16. The first-order chi connectivity index (χ1) is 8.52. The lowest BCUT2D eigenvalue weighted by atomic mass is 10.0. The van der Waals surface area contributed by atoms with E-state index in [-0.39, 0.29) is 0 Å². The lowest BCUT2D eigenvalue weighted by molar-refractivity contribution is 0.302. The average Bonchev–Trinajstić information content (AvgIpc) is 2.71. The fraction of sp³-hybridized carbons (Fsp3) is 0.846. The number of rotatable bonds is 8. The molecule has 1 N–H and O–H groups in total. The highest BCUT2D eigenvalue weighted by Gasteiger charge is 2.13. The van der Waals surface area contributed by atoms with Gasteiger partial charge < -0.3 is 10.2 Å². The van der Waals surface area contributed by atoms with Crippen molar-refractivity contribution in [2.24, 2.45) is 5.92 Å². The Hall–Kier alpha value is -0.940. The van der Waals surface area contributed by atoms with E-state index < -0.39 is 0 Å². The normalized spacial score (nSPS) is 13.5. The molecule has 0 amide bonds. The van der Waals surface area contributed by atoms with Gasteiger partial charge in [0, 0.05) is 19.1 Å². The molecule has 0 spiro atoms. The molecule has 1 unspecified atom stereocenters. The van der Waals surface area contributed by atoms with Gasteiger partial charge in [0.2, 0.25) is 0 Å². The molecule has 1 atom stereocenters. The third-order valence-electron chi connectivity index (χ3n) is 2.89. The molecule has 1 heterocycles. The highest BCUT2D eigenvalue weighted by Crippen LogP contribution is 2.06. The second-order valence-electron chi connectivity index (χ2n) is 5.46. The van der Waals surface area contributed by atoms with Crippen LogP contribution in [0.3, 0.4) is 0 Å². The van der Waals surface area contributed by atoms with Crippen molar-refractivity contribution in [3.63, 3.8) is 0 Å². The van der Waals surface area contributed by atoms with Crippen molar-refractivity contribution in [3.8, 4) is 0 Å². The average molecular weight is 253 g/mol. The summed E-state index contributed by atoms with van der Waals surface area (Å²) < 4.78 is 1.94. The van der Waals surface area contributed by atoms with E-state index in [9.17, 15) is 0 Å². The van der Waals surface area contributed by atoms with E-state index >= 15 is 0 Å².